The number of esters is 1. The predicted octanol–water partition coefficient (Wildman–Crippen LogP) is 2.60. The number of aromatic nitrogens is 1. The monoisotopic (exact) mass is 403 g/mol. The standard InChI is InChI=1S/C20H22ClN3O4/c1-13(2)19(24-17(25)10-14-6-4-3-5-7-14)20(27)28-12-18(26)23-16-9-8-15(21)11-22-16/h3-9,11,13,19H,10,12H2,1-2H3,(H,24,25)(H,22,23,26)/t19-/m0/s1. The number of anilines is 1. The van der Waals surface area contributed by atoms with E-state index in [9.17, 15) is 14.4 Å². The summed E-state index contributed by atoms with van der Waals surface area (Å²) in [4.78, 5) is 40.4. The number of amides is 2. The van der Waals surface area contributed by atoms with Crippen molar-refractivity contribution >= 4 is 35.2 Å². The molecule has 0 saturated carbocycles. The van der Waals surface area contributed by atoms with E-state index >= 15 is 0 Å². The second-order valence-corrected chi connectivity index (χ2v) is 6.91. The lowest BCUT2D eigenvalue weighted by Crippen LogP contribution is -2.46. The number of nitrogens with one attached hydrogen (secondary N) is 2. The molecule has 1 aromatic heterocycles. The number of nitrogens with zero attached hydrogens (tertiary/aromatic N) is 1. The Bertz CT molecular complexity index is 810. The quantitative estimate of drug-likeness (QED) is 0.660. The molecule has 148 valence electrons. The molecule has 0 spiro atoms. The minimum absolute atomic E-state index is 0.153. The minimum Gasteiger partial charge on any atom is -0.454 e. The zero-order valence-corrected chi connectivity index (χ0v) is 16.4. The van der Waals surface area contributed by atoms with Gasteiger partial charge in [0.2, 0.25) is 5.91 Å². The first-order valence-corrected chi connectivity index (χ1v) is 9.14. The average Bonchev–Trinajstić information content (AvgIpc) is 2.66. The molecule has 1 heterocycles. The summed E-state index contributed by atoms with van der Waals surface area (Å²) in [5.74, 6) is -1.41. The van der Waals surface area contributed by atoms with Crippen LogP contribution in [-0.2, 0) is 25.5 Å². The van der Waals surface area contributed by atoms with Gasteiger partial charge in [0, 0.05) is 6.20 Å². The van der Waals surface area contributed by atoms with E-state index in [1.807, 2.05) is 30.3 Å². The molecule has 1 aromatic carbocycles. The van der Waals surface area contributed by atoms with Crippen molar-refractivity contribution in [2.45, 2.75) is 26.3 Å². The van der Waals surface area contributed by atoms with Crippen LogP contribution in [0.4, 0.5) is 5.82 Å². The molecule has 2 N–H and O–H groups in total. The molecular weight excluding hydrogens is 382 g/mol. The summed E-state index contributed by atoms with van der Waals surface area (Å²) in [5.41, 5.74) is 0.839. The van der Waals surface area contributed by atoms with Crippen molar-refractivity contribution in [1.29, 1.82) is 0 Å². The number of halogens is 1. The summed E-state index contributed by atoms with van der Waals surface area (Å²) in [7, 11) is 0. The fourth-order valence-electron chi connectivity index (χ4n) is 2.36. The van der Waals surface area contributed by atoms with Gasteiger partial charge < -0.3 is 15.4 Å². The van der Waals surface area contributed by atoms with Crippen molar-refractivity contribution in [3.05, 3.63) is 59.2 Å². The van der Waals surface area contributed by atoms with Gasteiger partial charge in [0.1, 0.15) is 11.9 Å². The van der Waals surface area contributed by atoms with Gasteiger partial charge in [-0.05, 0) is 23.6 Å². The van der Waals surface area contributed by atoms with Crippen molar-refractivity contribution in [1.82, 2.24) is 10.3 Å². The third kappa shape index (κ3) is 7.00. The highest BCUT2D eigenvalue weighted by Crippen LogP contribution is 2.10. The van der Waals surface area contributed by atoms with Gasteiger partial charge in [0.25, 0.3) is 5.91 Å². The van der Waals surface area contributed by atoms with Crippen LogP contribution in [0.15, 0.2) is 48.7 Å². The van der Waals surface area contributed by atoms with Crippen molar-refractivity contribution in [2.75, 3.05) is 11.9 Å². The molecule has 2 rings (SSSR count). The fraction of sp³-hybridized carbons (Fsp3) is 0.300. The van der Waals surface area contributed by atoms with E-state index in [2.05, 4.69) is 15.6 Å². The molecular formula is C20H22ClN3O4. The lowest BCUT2D eigenvalue weighted by molar-refractivity contribution is -0.151. The van der Waals surface area contributed by atoms with E-state index < -0.39 is 24.5 Å². The first kappa shape index (κ1) is 21.4. The van der Waals surface area contributed by atoms with E-state index in [0.29, 0.717) is 10.8 Å². The molecule has 0 aliphatic rings. The highest BCUT2D eigenvalue weighted by atomic mass is 35.5. The van der Waals surface area contributed by atoms with Crippen LogP contribution >= 0.6 is 11.6 Å². The third-order valence-corrected chi connectivity index (χ3v) is 4.01. The van der Waals surface area contributed by atoms with Crippen molar-refractivity contribution in [3.8, 4) is 0 Å². The zero-order valence-electron chi connectivity index (χ0n) is 15.6. The lowest BCUT2D eigenvalue weighted by atomic mass is 10.0. The second-order valence-electron chi connectivity index (χ2n) is 6.47. The lowest BCUT2D eigenvalue weighted by Gasteiger charge is -2.20. The summed E-state index contributed by atoms with van der Waals surface area (Å²) in [6.45, 7) is 3.08. The van der Waals surface area contributed by atoms with E-state index in [1.54, 1.807) is 19.9 Å². The molecule has 8 heteroatoms. The summed E-state index contributed by atoms with van der Waals surface area (Å²) in [6.07, 6.45) is 1.54. The third-order valence-electron chi connectivity index (χ3n) is 3.78. The van der Waals surface area contributed by atoms with Crippen LogP contribution in [0.3, 0.4) is 0 Å². The Balaban J connectivity index is 1.85. The SMILES string of the molecule is CC(C)[C@H](NC(=O)Cc1ccccc1)C(=O)OCC(=O)Nc1ccc(Cl)cn1. The number of hydrogen-bond donors (Lipinski definition) is 2. The molecule has 7 nitrogen and oxygen atoms in total. The maximum Gasteiger partial charge on any atom is 0.329 e. The molecule has 0 aliphatic carbocycles. The van der Waals surface area contributed by atoms with Gasteiger partial charge in [-0.25, -0.2) is 9.78 Å². The molecule has 0 radical (unpaired) electrons. The number of benzene rings is 1. The second kappa shape index (κ2) is 10.4. The smallest absolute Gasteiger partial charge is 0.329 e. The van der Waals surface area contributed by atoms with Gasteiger partial charge in [-0.1, -0.05) is 55.8 Å². The summed E-state index contributed by atoms with van der Waals surface area (Å²) in [6, 6.07) is 11.5. The van der Waals surface area contributed by atoms with E-state index in [0.717, 1.165) is 5.56 Å². The van der Waals surface area contributed by atoms with Gasteiger partial charge in [-0.15, -0.1) is 0 Å². The maximum atomic E-state index is 12.3. The molecule has 0 saturated heterocycles. The Morgan fingerprint density at radius 1 is 1.07 bits per heavy atom. The Hall–Kier alpha value is -2.93. The Labute approximate surface area is 168 Å². The highest BCUT2D eigenvalue weighted by Gasteiger charge is 2.26. The first-order valence-electron chi connectivity index (χ1n) is 8.76. The average molecular weight is 404 g/mol. The van der Waals surface area contributed by atoms with Crippen molar-refractivity contribution in [3.63, 3.8) is 0 Å². The number of carbonyl (C=O) groups excluding carboxylic acids is 3. The minimum atomic E-state index is -0.849. The predicted molar refractivity (Wildman–Crippen MR) is 106 cm³/mol. The van der Waals surface area contributed by atoms with Crippen LogP contribution in [0.25, 0.3) is 0 Å². The van der Waals surface area contributed by atoms with Crippen LogP contribution in [0, 0.1) is 5.92 Å². The van der Waals surface area contributed by atoms with Crippen LogP contribution in [0.2, 0.25) is 5.02 Å². The molecule has 0 aliphatic heterocycles. The highest BCUT2D eigenvalue weighted by molar-refractivity contribution is 6.30. The van der Waals surface area contributed by atoms with Gasteiger partial charge in [-0.3, -0.25) is 9.59 Å². The molecule has 0 fully saturated rings. The van der Waals surface area contributed by atoms with Crippen LogP contribution in [0.1, 0.15) is 19.4 Å². The van der Waals surface area contributed by atoms with Crippen LogP contribution < -0.4 is 10.6 Å². The Morgan fingerprint density at radius 3 is 2.39 bits per heavy atom. The molecule has 2 amide bonds. The van der Waals surface area contributed by atoms with Crippen LogP contribution in [0.5, 0.6) is 0 Å². The molecule has 0 bridgehead atoms. The van der Waals surface area contributed by atoms with Gasteiger partial charge in [0.05, 0.1) is 11.4 Å². The van der Waals surface area contributed by atoms with Crippen molar-refractivity contribution in [2.24, 2.45) is 5.92 Å². The Kier molecular flexibility index (Phi) is 7.95. The number of carbonyl (C=O) groups is 3. The molecule has 2 aromatic rings. The Morgan fingerprint density at radius 2 is 1.79 bits per heavy atom. The van der Waals surface area contributed by atoms with Gasteiger partial charge in [-0.2, -0.15) is 0 Å². The number of hydrogen-bond acceptors (Lipinski definition) is 5. The largest absolute Gasteiger partial charge is 0.454 e. The number of pyridine rings is 1. The topological polar surface area (TPSA) is 97.4 Å². The van der Waals surface area contributed by atoms with E-state index in [4.69, 9.17) is 16.3 Å². The molecule has 28 heavy (non-hydrogen) atoms. The van der Waals surface area contributed by atoms with Gasteiger partial charge >= 0.3 is 5.97 Å². The summed E-state index contributed by atoms with van der Waals surface area (Å²) < 4.78 is 5.05. The summed E-state index contributed by atoms with van der Waals surface area (Å²) >= 11 is 5.73. The molecule has 1 atom stereocenters. The first-order chi connectivity index (χ1) is 13.3. The maximum absolute atomic E-state index is 12.3. The van der Waals surface area contributed by atoms with E-state index in [-0.39, 0.29) is 18.2 Å². The van der Waals surface area contributed by atoms with E-state index in [1.165, 1.54) is 12.3 Å². The molecule has 0 unspecified atom stereocenters. The normalized spacial score (nSPS) is 11.6. The van der Waals surface area contributed by atoms with Crippen molar-refractivity contribution < 1.29 is 19.1 Å². The number of ether oxygens (including phenoxy) is 1. The summed E-state index contributed by atoms with van der Waals surface area (Å²) in [5, 5.41) is 5.61. The zero-order chi connectivity index (χ0) is 20.5. The van der Waals surface area contributed by atoms with Crippen LogP contribution in [-0.4, -0.2) is 35.4 Å². The van der Waals surface area contributed by atoms with Gasteiger partial charge in [0.15, 0.2) is 6.61 Å². The fourth-order valence-corrected chi connectivity index (χ4v) is 2.47. The number of rotatable bonds is 8.